The second kappa shape index (κ2) is 6.21. The van der Waals surface area contributed by atoms with Gasteiger partial charge in [0.2, 0.25) is 10.0 Å². The number of thiophene rings is 1. The smallest absolute Gasteiger partial charge is 0.338 e. The number of ether oxygens (including phenoxy) is 1. The number of benzene rings is 1. The van der Waals surface area contributed by atoms with Gasteiger partial charge < -0.3 is 9.84 Å². The molecule has 0 unspecified atom stereocenters. The number of carbonyl (C=O) groups excluding carboxylic acids is 1. The highest BCUT2D eigenvalue weighted by Gasteiger charge is 2.40. The van der Waals surface area contributed by atoms with Crippen molar-refractivity contribution in [2.75, 3.05) is 19.7 Å². The molecule has 0 spiro atoms. The topological polar surface area (TPSA) is 83.9 Å². The second-order valence-electron chi connectivity index (χ2n) is 6.32. The zero-order valence-corrected chi connectivity index (χ0v) is 14.9. The van der Waals surface area contributed by atoms with Gasteiger partial charge in [0.25, 0.3) is 0 Å². The number of sulfonamides is 1. The molecule has 1 N–H and O–H groups in total. The Morgan fingerprint density at radius 1 is 1.28 bits per heavy atom. The summed E-state index contributed by atoms with van der Waals surface area (Å²) in [6.07, 6.45) is 0. The number of esters is 1. The Morgan fingerprint density at radius 3 is 2.84 bits per heavy atom. The molecule has 8 heteroatoms. The van der Waals surface area contributed by atoms with E-state index in [1.165, 1.54) is 16.4 Å². The number of fused-ring (bicyclic) bond motifs is 1. The maximum absolute atomic E-state index is 13.0. The van der Waals surface area contributed by atoms with Gasteiger partial charge in [-0.2, -0.15) is 15.6 Å². The van der Waals surface area contributed by atoms with Crippen LogP contribution in [0.1, 0.15) is 27.4 Å². The molecule has 2 aromatic rings. The van der Waals surface area contributed by atoms with Crippen LogP contribution in [-0.4, -0.2) is 43.5 Å². The Hall–Kier alpha value is -1.74. The van der Waals surface area contributed by atoms with E-state index in [0.29, 0.717) is 17.7 Å². The summed E-state index contributed by atoms with van der Waals surface area (Å²) < 4.78 is 32.4. The van der Waals surface area contributed by atoms with E-state index in [1.807, 2.05) is 16.8 Å². The third kappa shape index (κ3) is 2.79. The summed E-state index contributed by atoms with van der Waals surface area (Å²) in [5.41, 5.74) is 2.07. The zero-order valence-electron chi connectivity index (χ0n) is 13.3. The van der Waals surface area contributed by atoms with E-state index in [2.05, 4.69) is 0 Å². The lowest BCUT2D eigenvalue weighted by molar-refractivity contribution is 0.0535. The molecule has 6 nitrogen and oxygen atoms in total. The van der Waals surface area contributed by atoms with Crippen LogP contribution in [0.2, 0.25) is 0 Å². The number of aliphatic hydroxyl groups excluding tert-OH is 1. The Kier molecular flexibility index (Phi) is 4.15. The lowest BCUT2D eigenvalue weighted by Gasteiger charge is -2.16. The van der Waals surface area contributed by atoms with E-state index >= 15 is 0 Å². The fourth-order valence-corrected chi connectivity index (χ4v) is 5.75. The van der Waals surface area contributed by atoms with Crippen molar-refractivity contribution >= 4 is 27.3 Å². The van der Waals surface area contributed by atoms with Gasteiger partial charge in [0.05, 0.1) is 10.5 Å². The van der Waals surface area contributed by atoms with E-state index in [0.717, 1.165) is 5.56 Å². The minimum Gasteiger partial charge on any atom is -0.457 e. The van der Waals surface area contributed by atoms with Gasteiger partial charge in [-0.25, -0.2) is 13.2 Å². The van der Waals surface area contributed by atoms with Crippen molar-refractivity contribution in [3.8, 4) is 0 Å². The molecule has 1 saturated heterocycles. The first-order chi connectivity index (χ1) is 12.0. The molecular formula is C17H17NO5S2. The van der Waals surface area contributed by atoms with Crippen LogP contribution in [0.25, 0.3) is 0 Å². The predicted molar refractivity (Wildman–Crippen MR) is 92.0 cm³/mol. The van der Waals surface area contributed by atoms with Crippen LogP contribution in [0.4, 0.5) is 0 Å². The molecule has 25 heavy (non-hydrogen) atoms. The average Bonchev–Trinajstić information content (AvgIpc) is 3.34. The molecule has 132 valence electrons. The van der Waals surface area contributed by atoms with Gasteiger partial charge in [0.15, 0.2) is 0 Å². The van der Waals surface area contributed by atoms with Gasteiger partial charge in [-0.05, 0) is 34.5 Å². The summed E-state index contributed by atoms with van der Waals surface area (Å²) in [5.74, 6) is -0.646. The number of aliphatic hydroxyl groups is 1. The molecule has 0 radical (unpaired) electrons. The molecule has 0 amide bonds. The van der Waals surface area contributed by atoms with Crippen LogP contribution in [0.3, 0.4) is 0 Å². The van der Waals surface area contributed by atoms with Gasteiger partial charge >= 0.3 is 5.97 Å². The number of nitrogens with zero attached hydrogens (tertiary/aromatic N) is 1. The first-order valence-electron chi connectivity index (χ1n) is 7.94. The van der Waals surface area contributed by atoms with Gasteiger partial charge in [0.1, 0.15) is 6.61 Å². The van der Waals surface area contributed by atoms with Gasteiger partial charge in [-0.15, -0.1) is 0 Å². The third-order valence-electron chi connectivity index (χ3n) is 4.91. The van der Waals surface area contributed by atoms with Crippen LogP contribution in [0, 0.1) is 5.92 Å². The molecule has 1 aromatic heterocycles. The summed E-state index contributed by atoms with van der Waals surface area (Å²) in [5, 5.41) is 13.6. The SMILES string of the molecule is O=C1OCc2ccc(S(=O)(=O)N3C[C@H](CO)[C@H](c4ccsc4)C3)cc21. The molecule has 4 rings (SSSR count). The van der Waals surface area contributed by atoms with Crippen molar-refractivity contribution < 1.29 is 23.1 Å². The van der Waals surface area contributed by atoms with Gasteiger partial charge in [0, 0.05) is 37.1 Å². The number of rotatable bonds is 4. The Balaban J connectivity index is 1.65. The molecule has 0 bridgehead atoms. The lowest BCUT2D eigenvalue weighted by atomic mass is 9.92. The van der Waals surface area contributed by atoms with E-state index in [9.17, 15) is 18.3 Å². The Bertz CT molecular complexity index is 907. The first kappa shape index (κ1) is 16.7. The predicted octanol–water partition coefficient (Wildman–Crippen LogP) is 1.82. The third-order valence-corrected chi connectivity index (χ3v) is 7.44. The number of carbonyl (C=O) groups is 1. The zero-order chi connectivity index (χ0) is 17.6. The van der Waals surface area contributed by atoms with E-state index in [4.69, 9.17) is 4.74 Å². The molecule has 2 atom stereocenters. The fraction of sp³-hybridized carbons (Fsp3) is 0.353. The first-order valence-corrected chi connectivity index (χ1v) is 10.3. The Labute approximate surface area is 149 Å². The molecular weight excluding hydrogens is 362 g/mol. The summed E-state index contributed by atoms with van der Waals surface area (Å²) in [6.45, 7) is 0.709. The second-order valence-corrected chi connectivity index (χ2v) is 9.04. The summed E-state index contributed by atoms with van der Waals surface area (Å²) in [7, 11) is -3.73. The van der Waals surface area contributed by atoms with Crippen LogP contribution in [0.15, 0.2) is 39.9 Å². The minimum absolute atomic E-state index is 0.0228. The van der Waals surface area contributed by atoms with Crippen molar-refractivity contribution in [3.63, 3.8) is 0 Å². The van der Waals surface area contributed by atoms with Crippen molar-refractivity contribution in [3.05, 3.63) is 51.7 Å². The van der Waals surface area contributed by atoms with Gasteiger partial charge in [-0.3, -0.25) is 0 Å². The maximum atomic E-state index is 13.0. The van der Waals surface area contributed by atoms with E-state index in [-0.39, 0.29) is 36.5 Å². The van der Waals surface area contributed by atoms with Crippen LogP contribution < -0.4 is 0 Å². The molecule has 0 saturated carbocycles. The van der Waals surface area contributed by atoms with Gasteiger partial charge in [-0.1, -0.05) is 6.07 Å². The summed E-state index contributed by atoms with van der Waals surface area (Å²) in [6, 6.07) is 6.51. The van der Waals surface area contributed by atoms with Crippen LogP contribution in [-0.2, 0) is 21.4 Å². The largest absolute Gasteiger partial charge is 0.457 e. The maximum Gasteiger partial charge on any atom is 0.338 e. The number of cyclic esters (lactones) is 1. The average molecular weight is 379 g/mol. The molecule has 1 aromatic carbocycles. The fourth-order valence-electron chi connectivity index (χ4n) is 3.48. The molecule has 2 aliphatic rings. The normalized spacial score (nSPS) is 23.6. The van der Waals surface area contributed by atoms with Crippen LogP contribution >= 0.6 is 11.3 Å². The molecule has 3 heterocycles. The highest BCUT2D eigenvalue weighted by atomic mass is 32.2. The van der Waals surface area contributed by atoms with Crippen LogP contribution in [0.5, 0.6) is 0 Å². The van der Waals surface area contributed by atoms with Crippen molar-refractivity contribution in [2.45, 2.75) is 17.4 Å². The highest BCUT2D eigenvalue weighted by Crippen LogP contribution is 2.36. The molecule has 1 fully saturated rings. The summed E-state index contributed by atoms with van der Waals surface area (Å²) in [4.78, 5) is 11.8. The quantitative estimate of drug-likeness (QED) is 0.819. The lowest BCUT2D eigenvalue weighted by Crippen LogP contribution is -2.29. The monoisotopic (exact) mass is 379 g/mol. The molecule has 0 aliphatic carbocycles. The van der Waals surface area contributed by atoms with Crippen molar-refractivity contribution in [2.24, 2.45) is 5.92 Å². The van der Waals surface area contributed by atoms with E-state index < -0.39 is 16.0 Å². The number of hydrogen-bond donors (Lipinski definition) is 1. The van der Waals surface area contributed by atoms with Crippen molar-refractivity contribution in [1.29, 1.82) is 0 Å². The Morgan fingerprint density at radius 2 is 2.12 bits per heavy atom. The highest BCUT2D eigenvalue weighted by molar-refractivity contribution is 7.89. The molecule has 2 aliphatic heterocycles. The number of hydrogen-bond acceptors (Lipinski definition) is 6. The van der Waals surface area contributed by atoms with Crippen molar-refractivity contribution in [1.82, 2.24) is 4.31 Å². The minimum atomic E-state index is -3.73. The van der Waals surface area contributed by atoms with E-state index in [1.54, 1.807) is 17.4 Å². The standard InChI is InChI=1S/C17H17NO5S2/c19-8-13-6-18(7-16(13)12-3-4-24-10-12)25(21,22)14-2-1-11-9-23-17(20)15(11)5-14/h1-5,10,13,16,19H,6-9H2/t13-,16+/m1/s1. The summed E-state index contributed by atoms with van der Waals surface area (Å²) >= 11 is 1.56.